The molecule has 1 aliphatic rings. The molecule has 0 fully saturated rings. The van der Waals surface area contributed by atoms with Crippen molar-refractivity contribution >= 4 is 23.6 Å². The normalized spacial score (nSPS) is 18.1. The number of aromatic hydroxyl groups is 1. The third kappa shape index (κ3) is 2.29. The maximum absolute atomic E-state index is 12.8. The molecule has 2 rings (SSSR count). The number of phenolic OH excluding ortho intramolecular Hbond substituents is 1. The maximum atomic E-state index is 12.8. The molecule has 0 saturated heterocycles. The number of hydrogen-bond donors (Lipinski definition) is 2. The topological polar surface area (TPSA) is 66.8 Å². The van der Waals surface area contributed by atoms with Crippen LogP contribution < -0.4 is 4.74 Å². The van der Waals surface area contributed by atoms with Gasteiger partial charge in [0, 0.05) is 11.1 Å². The SMILES string of the molecule is Cc1c(O)c(Cl)cc2c1OC(C(F)(F)F)C(C(=O)O)=C2. The van der Waals surface area contributed by atoms with Gasteiger partial charge >= 0.3 is 12.1 Å². The average Bonchev–Trinajstić information content (AvgIpc) is 2.33. The summed E-state index contributed by atoms with van der Waals surface area (Å²) in [5, 5.41) is 18.4. The molecule has 8 heteroatoms. The van der Waals surface area contributed by atoms with Gasteiger partial charge in [-0.15, -0.1) is 0 Å². The van der Waals surface area contributed by atoms with Crippen molar-refractivity contribution in [3.63, 3.8) is 0 Å². The molecule has 4 nitrogen and oxygen atoms in total. The Bertz CT molecular complexity index is 622. The number of benzene rings is 1. The largest absolute Gasteiger partial charge is 0.506 e. The van der Waals surface area contributed by atoms with Crippen LogP contribution in [0.3, 0.4) is 0 Å². The summed E-state index contributed by atoms with van der Waals surface area (Å²) < 4.78 is 43.3. The van der Waals surface area contributed by atoms with Crippen LogP contribution in [0.1, 0.15) is 11.1 Å². The molecule has 0 spiro atoms. The highest BCUT2D eigenvalue weighted by Gasteiger charge is 2.48. The van der Waals surface area contributed by atoms with E-state index in [1.54, 1.807) is 0 Å². The zero-order valence-corrected chi connectivity index (χ0v) is 10.7. The second-order valence-electron chi connectivity index (χ2n) is 4.19. The highest BCUT2D eigenvalue weighted by atomic mass is 35.5. The fourth-order valence-corrected chi connectivity index (χ4v) is 2.14. The van der Waals surface area contributed by atoms with E-state index in [-0.39, 0.29) is 21.9 Å². The van der Waals surface area contributed by atoms with Crippen LogP contribution in [0, 0.1) is 6.92 Å². The molecule has 108 valence electrons. The first-order valence-electron chi connectivity index (χ1n) is 5.33. The van der Waals surface area contributed by atoms with E-state index in [1.807, 2.05) is 0 Å². The molecule has 0 amide bonds. The Morgan fingerprint density at radius 2 is 2.05 bits per heavy atom. The van der Waals surface area contributed by atoms with E-state index in [4.69, 9.17) is 21.4 Å². The molecule has 1 atom stereocenters. The van der Waals surface area contributed by atoms with Crippen LogP contribution in [0.15, 0.2) is 11.6 Å². The van der Waals surface area contributed by atoms with Crippen LogP contribution >= 0.6 is 11.6 Å². The van der Waals surface area contributed by atoms with Crippen molar-refractivity contribution in [1.82, 2.24) is 0 Å². The first-order valence-corrected chi connectivity index (χ1v) is 5.71. The van der Waals surface area contributed by atoms with E-state index in [1.165, 1.54) is 6.92 Å². The van der Waals surface area contributed by atoms with Crippen LogP contribution in [0.5, 0.6) is 11.5 Å². The Morgan fingerprint density at radius 1 is 1.45 bits per heavy atom. The van der Waals surface area contributed by atoms with Gasteiger partial charge in [0.25, 0.3) is 0 Å². The number of ether oxygens (including phenoxy) is 1. The van der Waals surface area contributed by atoms with Crippen molar-refractivity contribution in [2.75, 3.05) is 0 Å². The molecule has 1 heterocycles. The highest BCUT2D eigenvalue weighted by molar-refractivity contribution is 6.32. The molecule has 0 aromatic heterocycles. The summed E-state index contributed by atoms with van der Waals surface area (Å²) >= 11 is 5.70. The Kier molecular flexibility index (Phi) is 3.33. The van der Waals surface area contributed by atoms with Gasteiger partial charge in [0.2, 0.25) is 6.10 Å². The molecule has 1 unspecified atom stereocenters. The quantitative estimate of drug-likeness (QED) is 0.836. The summed E-state index contributed by atoms with van der Waals surface area (Å²) in [4.78, 5) is 10.9. The number of alkyl halides is 3. The predicted octanol–water partition coefficient (Wildman–Crippen LogP) is 3.15. The molecule has 2 N–H and O–H groups in total. The van der Waals surface area contributed by atoms with Crippen LogP contribution in [-0.4, -0.2) is 28.5 Å². The zero-order chi connectivity index (χ0) is 15.2. The van der Waals surface area contributed by atoms with Crippen LogP contribution in [0.2, 0.25) is 5.02 Å². The number of hydrogen-bond acceptors (Lipinski definition) is 3. The fraction of sp³-hybridized carbons (Fsp3) is 0.250. The molecule has 0 radical (unpaired) electrons. The van der Waals surface area contributed by atoms with Gasteiger partial charge in [0.1, 0.15) is 11.5 Å². The summed E-state index contributed by atoms with van der Waals surface area (Å²) in [5.74, 6) is -2.38. The number of carbonyl (C=O) groups is 1. The van der Waals surface area contributed by atoms with Gasteiger partial charge in [-0.3, -0.25) is 0 Å². The number of carboxylic acids is 1. The number of phenols is 1. The van der Waals surface area contributed by atoms with Crippen LogP contribution in [0.25, 0.3) is 6.08 Å². The lowest BCUT2D eigenvalue weighted by Gasteiger charge is -2.28. The molecule has 1 aromatic carbocycles. The minimum absolute atomic E-state index is 0.0161. The Balaban J connectivity index is 2.66. The van der Waals surface area contributed by atoms with Crippen LogP contribution in [0.4, 0.5) is 13.2 Å². The van der Waals surface area contributed by atoms with Crippen molar-refractivity contribution in [2.24, 2.45) is 0 Å². The summed E-state index contributed by atoms with van der Waals surface area (Å²) in [6.07, 6.45) is -6.63. The highest BCUT2D eigenvalue weighted by Crippen LogP contribution is 2.44. The zero-order valence-electron chi connectivity index (χ0n) is 9.95. The molecular formula is C12H8ClF3O4. The van der Waals surface area contributed by atoms with Crippen LogP contribution in [-0.2, 0) is 4.79 Å². The molecule has 20 heavy (non-hydrogen) atoms. The van der Waals surface area contributed by atoms with Gasteiger partial charge in [-0.05, 0) is 19.1 Å². The maximum Gasteiger partial charge on any atom is 0.430 e. The van der Waals surface area contributed by atoms with Crippen molar-refractivity contribution in [2.45, 2.75) is 19.2 Å². The molecule has 0 aliphatic carbocycles. The van der Waals surface area contributed by atoms with Gasteiger partial charge in [-0.25, -0.2) is 4.79 Å². The smallest absolute Gasteiger partial charge is 0.430 e. The Morgan fingerprint density at radius 3 is 2.55 bits per heavy atom. The van der Waals surface area contributed by atoms with Gasteiger partial charge in [0.15, 0.2) is 0 Å². The molecular weight excluding hydrogens is 301 g/mol. The number of rotatable bonds is 1. The van der Waals surface area contributed by atoms with E-state index in [0.717, 1.165) is 12.1 Å². The molecule has 1 aliphatic heterocycles. The second kappa shape index (κ2) is 4.59. The minimum Gasteiger partial charge on any atom is -0.506 e. The summed E-state index contributed by atoms with van der Waals surface area (Å²) in [6.45, 7) is 1.33. The van der Waals surface area contributed by atoms with E-state index in [9.17, 15) is 23.1 Å². The number of halogens is 4. The van der Waals surface area contributed by atoms with Gasteiger partial charge in [-0.2, -0.15) is 13.2 Å². The lowest BCUT2D eigenvalue weighted by Crippen LogP contribution is -2.40. The van der Waals surface area contributed by atoms with Crippen molar-refractivity contribution in [3.8, 4) is 11.5 Å². The van der Waals surface area contributed by atoms with Crippen molar-refractivity contribution in [1.29, 1.82) is 0 Å². The first-order chi connectivity index (χ1) is 9.12. The number of fused-ring (bicyclic) bond motifs is 1. The van der Waals surface area contributed by atoms with Crippen molar-refractivity contribution < 1.29 is 32.9 Å². The first kappa shape index (κ1) is 14.5. The standard InChI is InChI=1S/C12H8ClF3O4/c1-4-8(17)7(13)3-5-2-6(11(18)19)10(12(14,15)16)20-9(4)5/h2-3,10,17H,1H3,(H,18,19). The number of carboxylic acid groups (broad SMARTS) is 1. The summed E-state index contributed by atoms with van der Waals surface area (Å²) in [7, 11) is 0. The summed E-state index contributed by atoms with van der Waals surface area (Å²) in [6, 6.07) is 1.15. The Hall–Kier alpha value is -1.89. The molecule has 0 bridgehead atoms. The van der Waals surface area contributed by atoms with E-state index < -0.39 is 29.6 Å². The molecule has 0 saturated carbocycles. The minimum atomic E-state index is -4.89. The van der Waals surface area contributed by atoms with E-state index in [0.29, 0.717) is 0 Å². The van der Waals surface area contributed by atoms with Crippen molar-refractivity contribution in [3.05, 3.63) is 27.8 Å². The number of aliphatic carboxylic acids is 1. The molecule has 1 aromatic rings. The van der Waals surface area contributed by atoms with Gasteiger partial charge in [-0.1, -0.05) is 11.6 Å². The summed E-state index contributed by atoms with van der Waals surface area (Å²) in [5.41, 5.74) is -0.850. The average molecular weight is 309 g/mol. The lowest BCUT2D eigenvalue weighted by molar-refractivity contribution is -0.187. The third-order valence-corrected chi connectivity index (χ3v) is 3.13. The predicted molar refractivity (Wildman–Crippen MR) is 63.9 cm³/mol. The lowest BCUT2D eigenvalue weighted by atomic mass is 9.99. The third-order valence-electron chi connectivity index (χ3n) is 2.84. The fourth-order valence-electron chi connectivity index (χ4n) is 1.88. The second-order valence-corrected chi connectivity index (χ2v) is 4.60. The monoisotopic (exact) mass is 308 g/mol. The van der Waals surface area contributed by atoms with E-state index >= 15 is 0 Å². The Labute approximate surface area is 116 Å². The van der Waals surface area contributed by atoms with E-state index in [2.05, 4.69) is 0 Å². The van der Waals surface area contributed by atoms with Gasteiger partial charge < -0.3 is 14.9 Å². The van der Waals surface area contributed by atoms with Gasteiger partial charge in [0.05, 0.1) is 10.6 Å².